The van der Waals surface area contributed by atoms with Gasteiger partial charge in [0.1, 0.15) is 0 Å². The smallest absolute Gasteiger partial charge is 0.230 e. The van der Waals surface area contributed by atoms with Crippen LogP contribution < -0.4 is 0 Å². The number of benzene rings is 2. The number of nitrogens with zero attached hydrogens (tertiary/aromatic N) is 5. The largest absolute Gasteiger partial charge is 0.492 e. The molecule has 0 amide bonds. The zero-order valence-electron chi connectivity index (χ0n) is 19.3. The third kappa shape index (κ3) is 4.53. The zero-order chi connectivity index (χ0) is 22.8. The Morgan fingerprint density at radius 3 is 2.27 bits per heavy atom. The third-order valence-corrected chi connectivity index (χ3v) is 7.61. The Morgan fingerprint density at radius 2 is 1.64 bits per heavy atom. The Kier molecular flexibility index (Phi) is 6.44. The maximum absolute atomic E-state index is 11.1. The number of piperazine rings is 1. The van der Waals surface area contributed by atoms with Gasteiger partial charge in [-0.3, -0.25) is 9.80 Å². The Morgan fingerprint density at radius 1 is 0.909 bits per heavy atom. The van der Waals surface area contributed by atoms with E-state index < -0.39 is 0 Å². The summed E-state index contributed by atoms with van der Waals surface area (Å²) in [6, 6.07) is 19.5. The molecule has 0 unspecified atom stereocenters. The lowest BCUT2D eigenvalue weighted by atomic mass is 10.0. The molecule has 6 nitrogen and oxygen atoms in total. The molecule has 2 aromatic heterocycles. The topological polar surface area (TPSA) is 56.9 Å². The molecule has 0 bridgehead atoms. The molecular weight excluding hydrogens is 430 g/mol. The van der Waals surface area contributed by atoms with Crippen LogP contribution in [-0.2, 0) is 19.4 Å². The molecule has 4 aromatic rings. The fourth-order valence-electron chi connectivity index (χ4n) is 4.60. The molecule has 2 aromatic carbocycles. The molecule has 1 saturated heterocycles. The number of hydrogen-bond acceptors (Lipinski definition) is 6. The Hall–Kier alpha value is -2.74. The average Bonchev–Trinajstić information content (AvgIpc) is 3.40. The maximum Gasteiger partial charge on any atom is 0.230 e. The number of rotatable bonds is 7. The lowest BCUT2D eigenvalue weighted by molar-refractivity contribution is 0.105. The molecule has 5 rings (SSSR count). The Labute approximate surface area is 199 Å². The second kappa shape index (κ2) is 9.63. The van der Waals surface area contributed by atoms with Gasteiger partial charge in [-0.15, -0.1) is 5.10 Å². The highest BCUT2D eigenvalue weighted by Gasteiger charge is 2.31. The Balaban J connectivity index is 1.42. The van der Waals surface area contributed by atoms with E-state index in [0.29, 0.717) is 0 Å². The molecule has 172 valence electrons. The fraction of sp³-hybridized carbons (Fsp3) is 0.385. The van der Waals surface area contributed by atoms with Gasteiger partial charge in [0.05, 0.1) is 10.9 Å². The van der Waals surface area contributed by atoms with Gasteiger partial charge in [0.2, 0.25) is 10.8 Å². The number of aromatic hydroxyl groups is 1. The summed E-state index contributed by atoms with van der Waals surface area (Å²) in [4.78, 5) is 11.3. The van der Waals surface area contributed by atoms with Gasteiger partial charge < -0.3 is 5.11 Å². The molecule has 33 heavy (non-hydrogen) atoms. The van der Waals surface area contributed by atoms with Gasteiger partial charge >= 0.3 is 0 Å². The molecule has 0 radical (unpaired) electrons. The lowest BCUT2D eigenvalue weighted by Crippen LogP contribution is -2.47. The summed E-state index contributed by atoms with van der Waals surface area (Å²) < 4.78 is 1.61. The molecule has 1 aliphatic rings. The van der Waals surface area contributed by atoms with Crippen molar-refractivity contribution in [2.75, 3.05) is 26.2 Å². The van der Waals surface area contributed by atoms with Crippen LogP contribution in [0.2, 0.25) is 0 Å². The van der Waals surface area contributed by atoms with Crippen molar-refractivity contribution < 1.29 is 5.11 Å². The van der Waals surface area contributed by atoms with E-state index in [9.17, 15) is 5.11 Å². The highest BCUT2D eigenvalue weighted by molar-refractivity contribution is 7.17. The number of thiazole rings is 1. The van der Waals surface area contributed by atoms with E-state index in [2.05, 4.69) is 81.4 Å². The predicted molar refractivity (Wildman–Crippen MR) is 133 cm³/mol. The van der Waals surface area contributed by atoms with Crippen molar-refractivity contribution in [3.8, 4) is 5.88 Å². The summed E-state index contributed by atoms with van der Waals surface area (Å²) in [5.74, 6) is 0.986. The first-order valence-electron chi connectivity index (χ1n) is 11.8. The van der Waals surface area contributed by atoms with E-state index in [1.165, 1.54) is 16.7 Å². The van der Waals surface area contributed by atoms with Gasteiger partial charge in [-0.05, 0) is 23.1 Å². The highest BCUT2D eigenvalue weighted by atomic mass is 32.1. The van der Waals surface area contributed by atoms with Crippen molar-refractivity contribution in [1.29, 1.82) is 0 Å². The van der Waals surface area contributed by atoms with Crippen LogP contribution in [0.5, 0.6) is 5.88 Å². The van der Waals surface area contributed by atoms with E-state index in [1.54, 1.807) is 15.9 Å². The van der Waals surface area contributed by atoms with Gasteiger partial charge in [-0.25, -0.2) is 4.98 Å². The summed E-state index contributed by atoms with van der Waals surface area (Å²) in [6.45, 7) is 9.08. The minimum Gasteiger partial charge on any atom is -0.492 e. The van der Waals surface area contributed by atoms with Gasteiger partial charge in [-0.2, -0.15) is 4.52 Å². The molecule has 0 spiro atoms. The predicted octanol–water partition coefficient (Wildman–Crippen LogP) is 4.53. The van der Waals surface area contributed by atoms with Crippen molar-refractivity contribution in [3.05, 3.63) is 82.0 Å². The summed E-state index contributed by atoms with van der Waals surface area (Å²) >= 11 is 1.55. The van der Waals surface area contributed by atoms with Gasteiger partial charge in [0.15, 0.2) is 5.82 Å². The number of aromatic nitrogens is 3. The van der Waals surface area contributed by atoms with Gasteiger partial charge in [0.25, 0.3) is 0 Å². The van der Waals surface area contributed by atoms with E-state index in [4.69, 9.17) is 0 Å². The lowest BCUT2D eigenvalue weighted by Gasteiger charge is -2.39. The van der Waals surface area contributed by atoms with Crippen LogP contribution in [0.4, 0.5) is 0 Å². The van der Waals surface area contributed by atoms with Gasteiger partial charge in [0, 0.05) is 39.1 Å². The summed E-state index contributed by atoms with van der Waals surface area (Å²) in [5.41, 5.74) is 3.89. The first-order valence-corrected chi connectivity index (χ1v) is 12.6. The van der Waals surface area contributed by atoms with E-state index in [1.807, 2.05) is 6.92 Å². The maximum atomic E-state index is 11.1. The molecule has 1 N–H and O–H groups in total. The van der Waals surface area contributed by atoms with Crippen LogP contribution in [0, 0.1) is 0 Å². The fourth-order valence-corrected chi connectivity index (χ4v) is 5.74. The number of hydrogen-bond donors (Lipinski definition) is 1. The van der Waals surface area contributed by atoms with Gasteiger partial charge in [-0.1, -0.05) is 79.8 Å². The quantitative estimate of drug-likeness (QED) is 0.438. The van der Waals surface area contributed by atoms with Crippen molar-refractivity contribution in [1.82, 2.24) is 24.4 Å². The van der Waals surface area contributed by atoms with Crippen LogP contribution >= 0.6 is 11.3 Å². The molecule has 0 aliphatic carbocycles. The Bertz CT molecular complexity index is 1190. The van der Waals surface area contributed by atoms with Crippen molar-refractivity contribution in [2.45, 2.75) is 39.3 Å². The standard InChI is InChI=1S/C26H31N5OS/c1-3-19-10-12-21(13-11-19)23(24-25(32)31-26(33-24)27-22(4-2)28-31)30-16-14-29(15-17-30)18-20-8-6-5-7-9-20/h5-13,23,32H,3-4,14-18H2,1-2H3/t23-/m0/s1. The van der Waals surface area contributed by atoms with Crippen molar-refractivity contribution in [3.63, 3.8) is 0 Å². The van der Waals surface area contributed by atoms with Crippen molar-refractivity contribution in [2.24, 2.45) is 0 Å². The molecule has 1 fully saturated rings. The molecule has 3 heterocycles. The number of aryl methyl sites for hydroxylation is 2. The molecule has 7 heteroatoms. The molecule has 1 atom stereocenters. The third-order valence-electron chi connectivity index (χ3n) is 6.53. The van der Waals surface area contributed by atoms with Crippen LogP contribution in [-0.4, -0.2) is 55.7 Å². The average molecular weight is 462 g/mol. The summed E-state index contributed by atoms with van der Waals surface area (Å²) in [7, 11) is 0. The summed E-state index contributed by atoms with van der Waals surface area (Å²) in [5, 5.41) is 15.6. The minimum atomic E-state index is -0.00615. The number of fused-ring (bicyclic) bond motifs is 1. The minimum absolute atomic E-state index is 0.00615. The molecular formula is C26H31N5OS. The highest BCUT2D eigenvalue weighted by Crippen LogP contribution is 2.40. The second-order valence-corrected chi connectivity index (χ2v) is 9.67. The summed E-state index contributed by atoms with van der Waals surface area (Å²) in [6.07, 6.45) is 1.78. The van der Waals surface area contributed by atoms with E-state index in [0.717, 1.165) is 61.2 Å². The zero-order valence-corrected chi connectivity index (χ0v) is 20.1. The van der Waals surface area contributed by atoms with Crippen molar-refractivity contribution >= 4 is 16.3 Å². The van der Waals surface area contributed by atoms with Crippen LogP contribution in [0.25, 0.3) is 4.96 Å². The van der Waals surface area contributed by atoms with Crippen LogP contribution in [0.15, 0.2) is 54.6 Å². The van der Waals surface area contributed by atoms with E-state index >= 15 is 0 Å². The van der Waals surface area contributed by atoms with Crippen LogP contribution in [0.3, 0.4) is 0 Å². The SMILES string of the molecule is CCc1ccc([C@@H](c2sc3nc(CC)nn3c2O)N2CCN(Cc3ccccc3)CC2)cc1. The normalized spacial score (nSPS) is 16.4. The van der Waals surface area contributed by atoms with E-state index in [-0.39, 0.29) is 11.9 Å². The van der Waals surface area contributed by atoms with Crippen LogP contribution in [0.1, 0.15) is 47.3 Å². The first kappa shape index (κ1) is 22.1. The second-order valence-electron chi connectivity index (χ2n) is 8.66. The molecule has 0 saturated carbocycles. The molecule has 1 aliphatic heterocycles. The monoisotopic (exact) mass is 461 g/mol. The first-order chi connectivity index (χ1) is 16.2.